The van der Waals surface area contributed by atoms with Gasteiger partial charge in [-0.25, -0.2) is 4.39 Å². The first kappa shape index (κ1) is 12.5. The molecule has 0 saturated carbocycles. The molecule has 4 heteroatoms. The van der Waals surface area contributed by atoms with Crippen molar-refractivity contribution in [1.29, 1.82) is 0 Å². The van der Waals surface area contributed by atoms with Crippen LogP contribution in [0, 0.1) is 19.7 Å². The third-order valence-electron chi connectivity index (χ3n) is 2.91. The summed E-state index contributed by atoms with van der Waals surface area (Å²) in [6.07, 6.45) is 0. The predicted molar refractivity (Wildman–Crippen MR) is 71.1 cm³/mol. The number of furan rings is 1. The Morgan fingerprint density at radius 2 is 2.00 bits per heavy atom. The third-order valence-corrected chi connectivity index (χ3v) is 2.91. The molecule has 0 unspecified atom stereocenters. The Hall–Kier alpha value is -1.97. The summed E-state index contributed by atoms with van der Waals surface area (Å²) in [5, 5.41) is 0. The molecule has 1 aromatic carbocycles. The molecule has 0 amide bonds. The van der Waals surface area contributed by atoms with Crippen LogP contribution in [0.3, 0.4) is 0 Å². The van der Waals surface area contributed by atoms with Crippen LogP contribution in [0.15, 0.2) is 28.7 Å². The van der Waals surface area contributed by atoms with Crippen molar-refractivity contribution in [1.82, 2.24) is 0 Å². The van der Waals surface area contributed by atoms with Crippen LogP contribution in [0.25, 0.3) is 0 Å². The van der Waals surface area contributed by atoms with Crippen molar-refractivity contribution in [3.8, 4) is 0 Å². The van der Waals surface area contributed by atoms with E-state index in [0.717, 1.165) is 17.2 Å². The molecule has 0 radical (unpaired) electrons. The Morgan fingerprint density at radius 1 is 1.28 bits per heavy atom. The molecule has 18 heavy (non-hydrogen) atoms. The van der Waals surface area contributed by atoms with E-state index in [2.05, 4.69) is 0 Å². The second kappa shape index (κ2) is 4.72. The summed E-state index contributed by atoms with van der Waals surface area (Å²) in [4.78, 5) is 1.94. The van der Waals surface area contributed by atoms with Crippen molar-refractivity contribution >= 4 is 11.4 Å². The van der Waals surface area contributed by atoms with Gasteiger partial charge in [-0.3, -0.25) is 0 Å². The van der Waals surface area contributed by atoms with Crippen LogP contribution in [0.1, 0.15) is 17.1 Å². The van der Waals surface area contributed by atoms with E-state index in [1.165, 1.54) is 6.07 Å². The minimum absolute atomic E-state index is 0.279. The number of halogens is 1. The third kappa shape index (κ3) is 2.47. The van der Waals surface area contributed by atoms with E-state index in [-0.39, 0.29) is 5.82 Å². The molecule has 2 N–H and O–H groups in total. The first-order valence-corrected chi connectivity index (χ1v) is 5.79. The molecular formula is C14H17FN2O. The molecule has 0 aliphatic heterocycles. The molecule has 0 aliphatic carbocycles. The lowest BCUT2D eigenvalue weighted by Crippen LogP contribution is -2.17. The molecule has 0 spiro atoms. The van der Waals surface area contributed by atoms with Crippen molar-refractivity contribution in [2.24, 2.45) is 0 Å². The zero-order valence-electron chi connectivity index (χ0n) is 10.8. The van der Waals surface area contributed by atoms with Gasteiger partial charge >= 0.3 is 0 Å². The topological polar surface area (TPSA) is 42.4 Å². The molecular weight excluding hydrogens is 231 g/mol. The minimum Gasteiger partial charge on any atom is -0.464 e. The maximum atomic E-state index is 13.3. The number of rotatable bonds is 3. The quantitative estimate of drug-likeness (QED) is 0.848. The highest BCUT2D eigenvalue weighted by atomic mass is 19.1. The lowest BCUT2D eigenvalue weighted by molar-refractivity contribution is 0.482. The van der Waals surface area contributed by atoms with Gasteiger partial charge in [0.15, 0.2) is 0 Å². The van der Waals surface area contributed by atoms with E-state index >= 15 is 0 Å². The van der Waals surface area contributed by atoms with E-state index in [1.54, 1.807) is 13.0 Å². The number of hydrogen-bond donors (Lipinski definition) is 1. The lowest BCUT2D eigenvalue weighted by Gasteiger charge is -2.20. The number of nitrogens with two attached hydrogens (primary N) is 1. The van der Waals surface area contributed by atoms with E-state index < -0.39 is 0 Å². The molecule has 96 valence electrons. The molecule has 0 bridgehead atoms. The highest BCUT2D eigenvalue weighted by Crippen LogP contribution is 2.27. The van der Waals surface area contributed by atoms with E-state index in [1.807, 2.05) is 31.0 Å². The zero-order chi connectivity index (χ0) is 13.3. The molecule has 0 fully saturated rings. The van der Waals surface area contributed by atoms with Gasteiger partial charge in [-0.15, -0.1) is 0 Å². The summed E-state index contributed by atoms with van der Waals surface area (Å²) >= 11 is 0. The van der Waals surface area contributed by atoms with Gasteiger partial charge < -0.3 is 15.1 Å². The van der Waals surface area contributed by atoms with Gasteiger partial charge in [0.1, 0.15) is 17.3 Å². The molecule has 2 aromatic rings. The molecule has 1 aromatic heterocycles. The fourth-order valence-corrected chi connectivity index (χ4v) is 1.90. The van der Waals surface area contributed by atoms with Crippen LogP contribution in [0.4, 0.5) is 15.8 Å². The van der Waals surface area contributed by atoms with Gasteiger partial charge in [-0.05, 0) is 43.7 Å². The number of hydrogen-bond acceptors (Lipinski definition) is 3. The van der Waals surface area contributed by atoms with Crippen molar-refractivity contribution in [3.63, 3.8) is 0 Å². The van der Waals surface area contributed by atoms with Crippen LogP contribution in [0.2, 0.25) is 0 Å². The Morgan fingerprint density at radius 3 is 2.61 bits per heavy atom. The monoisotopic (exact) mass is 248 g/mol. The van der Waals surface area contributed by atoms with Crippen molar-refractivity contribution in [3.05, 3.63) is 47.2 Å². The van der Waals surface area contributed by atoms with Crippen molar-refractivity contribution in [2.75, 3.05) is 17.7 Å². The van der Waals surface area contributed by atoms with Gasteiger partial charge in [0, 0.05) is 7.05 Å². The van der Waals surface area contributed by atoms with Crippen molar-refractivity contribution in [2.45, 2.75) is 20.4 Å². The summed E-state index contributed by atoms with van der Waals surface area (Å²) in [6, 6.07) is 6.95. The van der Waals surface area contributed by atoms with Gasteiger partial charge in [-0.2, -0.15) is 0 Å². The maximum Gasteiger partial charge on any atom is 0.128 e. The van der Waals surface area contributed by atoms with Gasteiger partial charge in [0.05, 0.1) is 17.9 Å². The molecule has 0 atom stereocenters. The van der Waals surface area contributed by atoms with Crippen LogP contribution in [0.5, 0.6) is 0 Å². The van der Waals surface area contributed by atoms with Gasteiger partial charge in [0.2, 0.25) is 0 Å². The van der Waals surface area contributed by atoms with Crippen LogP contribution in [-0.4, -0.2) is 7.05 Å². The largest absolute Gasteiger partial charge is 0.464 e. The minimum atomic E-state index is -0.279. The smallest absolute Gasteiger partial charge is 0.128 e. The lowest BCUT2D eigenvalue weighted by atomic mass is 10.1. The molecule has 0 aliphatic rings. The zero-order valence-corrected chi connectivity index (χ0v) is 10.8. The highest BCUT2D eigenvalue weighted by molar-refractivity contribution is 5.68. The average Bonchev–Trinajstić information content (AvgIpc) is 2.69. The van der Waals surface area contributed by atoms with E-state index in [0.29, 0.717) is 17.8 Å². The highest BCUT2D eigenvalue weighted by Gasteiger charge is 2.11. The first-order valence-electron chi connectivity index (χ1n) is 5.79. The van der Waals surface area contributed by atoms with Crippen LogP contribution < -0.4 is 10.6 Å². The summed E-state index contributed by atoms with van der Waals surface area (Å²) in [5.74, 6) is 1.46. The number of anilines is 2. The van der Waals surface area contributed by atoms with Gasteiger partial charge in [0.25, 0.3) is 0 Å². The fourth-order valence-electron chi connectivity index (χ4n) is 1.90. The fraction of sp³-hybridized carbons (Fsp3) is 0.286. The second-order valence-corrected chi connectivity index (χ2v) is 4.53. The summed E-state index contributed by atoms with van der Waals surface area (Å²) in [5.41, 5.74) is 7.67. The SMILES string of the molecule is Cc1ccc(CN(C)c2cc(C)c(F)cc2N)o1. The Labute approximate surface area is 106 Å². The molecule has 3 nitrogen and oxygen atoms in total. The Bertz CT molecular complexity index is 563. The maximum absolute atomic E-state index is 13.3. The summed E-state index contributed by atoms with van der Waals surface area (Å²) in [6.45, 7) is 4.23. The van der Waals surface area contributed by atoms with E-state index in [9.17, 15) is 4.39 Å². The normalized spacial score (nSPS) is 10.7. The average molecular weight is 248 g/mol. The molecule has 0 saturated heterocycles. The number of nitrogens with zero attached hydrogens (tertiary/aromatic N) is 1. The van der Waals surface area contributed by atoms with Gasteiger partial charge in [-0.1, -0.05) is 0 Å². The van der Waals surface area contributed by atoms with Crippen molar-refractivity contribution < 1.29 is 8.81 Å². The Balaban J connectivity index is 2.23. The number of nitrogen functional groups attached to an aromatic ring is 1. The van der Waals surface area contributed by atoms with E-state index in [4.69, 9.17) is 10.2 Å². The molecule has 1 heterocycles. The number of aryl methyl sites for hydroxylation is 2. The number of benzene rings is 1. The van der Waals surface area contributed by atoms with Crippen LogP contribution >= 0.6 is 0 Å². The first-order chi connectivity index (χ1) is 8.47. The summed E-state index contributed by atoms with van der Waals surface area (Å²) in [7, 11) is 1.90. The Kier molecular flexibility index (Phi) is 3.28. The predicted octanol–water partition coefficient (Wildman–Crippen LogP) is 3.25. The second-order valence-electron chi connectivity index (χ2n) is 4.53. The summed E-state index contributed by atoms with van der Waals surface area (Å²) < 4.78 is 18.8. The van der Waals surface area contributed by atoms with Crippen LogP contribution in [-0.2, 0) is 6.54 Å². The molecule has 2 rings (SSSR count). The standard InChI is InChI=1S/C14H17FN2O/c1-9-6-14(13(16)7-12(9)15)17(3)8-11-5-4-10(2)18-11/h4-7H,8,16H2,1-3H3.